The van der Waals surface area contributed by atoms with Crippen LogP contribution in [0.4, 0.5) is 4.39 Å². The quantitative estimate of drug-likeness (QED) is 0.560. The van der Waals surface area contributed by atoms with Gasteiger partial charge >= 0.3 is 0 Å². The first-order chi connectivity index (χ1) is 6.20. The highest BCUT2D eigenvalue weighted by molar-refractivity contribution is 6.32. The number of halogens is 1. The lowest BCUT2D eigenvalue weighted by Gasteiger charge is -1.95. The lowest BCUT2D eigenvalue weighted by Crippen LogP contribution is -2.09. The fourth-order valence-corrected chi connectivity index (χ4v) is 0.523. The molecule has 0 fully saturated rings. The molecular weight excluding hydrogens is 164 g/mol. The van der Waals surface area contributed by atoms with Crippen molar-refractivity contribution >= 4 is 13.3 Å². The zero-order valence-electron chi connectivity index (χ0n) is 9.06. The van der Waals surface area contributed by atoms with Gasteiger partial charge in [0.25, 0.3) is 0 Å². The van der Waals surface area contributed by atoms with Gasteiger partial charge in [-0.1, -0.05) is 33.2 Å². The van der Waals surface area contributed by atoms with Crippen LogP contribution in [0, 0.1) is 12.7 Å². The Morgan fingerprint density at radius 3 is 2.00 bits per heavy atom. The van der Waals surface area contributed by atoms with Crippen molar-refractivity contribution in [2.75, 3.05) is 0 Å². The summed E-state index contributed by atoms with van der Waals surface area (Å²) in [5.41, 5.74) is 1.06. The van der Waals surface area contributed by atoms with E-state index >= 15 is 0 Å². The first-order valence-corrected chi connectivity index (χ1v) is 4.58. The van der Waals surface area contributed by atoms with Crippen LogP contribution in [0.5, 0.6) is 0 Å². The number of aromatic nitrogens is 1. The van der Waals surface area contributed by atoms with E-state index in [2.05, 4.69) is 4.98 Å². The van der Waals surface area contributed by atoms with Crippen molar-refractivity contribution in [3.05, 3.63) is 23.8 Å². The fraction of sp³-hybridized carbons (Fsp3) is 0.500. The molecule has 0 saturated carbocycles. The molecule has 0 N–H and O–H groups in total. The Labute approximate surface area is 81.8 Å². The zero-order chi connectivity index (χ0) is 10.9. The topological polar surface area (TPSA) is 12.9 Å². The van der Waals surface area contributed by atoms with Crippen LogP contribution in [0.25, 0.3) is 0 Å². The highest BCUT2D eigenvalue weighted by atomic mass is 19.1. The number of hydrogen-bond donors (Lipinski definition) is 0. The van der Waals surface area contributed by atoms with Crippen LogP contribution in [0.1, 0.15) is 33.4 Å². The van der Waals surface area contributed by atoms with Crippen molar-refractivity contribution in [2.24, 2.45) is 0 Å². The van der Waals surface area contributed by atoms with Crippen LogP contribution in [0.15, 0.2) is 12.3 Å². The monoisotopic (exact) mass is 181 g/mol. The van der Waals surface area contributed by atoms with Crippen molar-refractivity contribution in [1.29, 1.82) is 0 Å². The molecule has 1 rings (SSSR count). The van der Waals surface area contributed by atoms with Gasteiger partial charge in [-0.25, -0.2) is 4.39 Å². The summed E-state index contributed by atoms with van der Waals surface area (Å²) in [7, 11) is 5.32. The van der Waals surface area contributed by atoms with Gasteiger partial charge in [0, 0.05) is 5.69 Å². The number of hydrogen-bond acceptors (Lipinski definition) is 1. The van der Waals surface area contributed by atoms with Crippen molar-refractivity contribution < 1.29 is 4.39 Å². The smallest absolute Gasteiger partial charge is 0.140 e. The van der Waals surface area contributed by atoms with E-state index < -0.39 is 5.82 Å². The second-order valence-corrected chi connectivity index (χ2v) is 1.83. The SMILES string of the molecule is CC.CC.[B]c1cc(F)cnc1C. The third-order valence-electron chi connectivity index (χ3n) is 1.09. The molecule has 1 aromatic rings. The van der Waals surface area contributed by atoms with Gasteiger partial charge in [-0.3, -0.25) is 4.98 Å². The first-order valence-electron chi connectivity index (χ1n) is 4.58. The molecule has 13 heavy (non-hydrogen) atoms. The first kappa shape index (κ1) is 14.7. The Kier molecular flexibility index (Phi) is 10.4. The minimum Gasteiger partial charge on any atom is -0.259 e. The second kappa shape index (κ2) is 9.23. The molecule has 0 unspecified atom stereocenters. The van der Waals surface area contributed by atoms with E-state index in [1.54, 1.807) is 6.92 Å². The van der Waals surface area contributed by atoms with Gasteiger partial charge in [0.15, 0.2) is 0 Å². The van der Waals surface area contributed by atoms with Crippen LogP contribution in [-0.2, 0) is 0 Å². The number of aryl methyl sites for hydroxylation is 1. The van der Waals surface area contributed by atoms with Gasteiger partial charge in [0.2, 0.25) is 0 Å². The third kappa shape index (κ3) is 6.32. The molecule has 0 aromatic carbocycles. The summed E-state index contributed by atoms with van der Waals surface area (Å²) in [6.45, 7) is 9.73. The summed E-state index contributed by atoms with van der Waals surface area (Å²) >= 11 is 0. The molecule has 0 atom stereocenters. The molecule has 0 aliphatic heterocycles. The third-order valence-corrected chi connectivity index (χ3v) is 1.09. The summed E-state index contributed by atoms with van der Waals surface area (Å²) in [5, 5.41) is 0. The molecule has 1 heterocycles. The van der Waals surface area contributed by atoms with E-state index in [1.807, 2.05) is 27.7 Å². The maximum atomic E-state index is 12.2. The molecule has 72 valence electrons. The van der Waals surface area contributed by atoms with Crippen LogP contribution in [0.2, 0.25) is 0 Å². The number of pyridine rings is 1. The lowest BCUT2D eigenvalue weighted by molar-refractivity contribution is 0.622. The minimum absolute atomic E-state index is 0.391. The summed E-state index contributed by atoms with van der Waals surface area (Å²) in [6.07, 6.45) is 1.14. The Hall–Kier alpha value is -0.855. The van der Waals surface area contributed by atoms with Gasteiger partial charge < -0.3 is 0 Å². The van der Waals surface area contributed by atoms with E-state index in [0.717, 1.165) is 6.20 Å². The van der Waals surface area contributed by atoms with Crippen molar-refractivity contribution in [2.45, 2.75) is 34.6 Å². The van der Waals surface area contributed by atoms with Crippen molar-refractivity contribution in [3.63, 3.8) is 0 Å². The second-order valence-electron chi connectivity index (χ2n) is 1.83. The Morgan fingerprint density at radius 1 is 1.23 bits per heavy atom. The number of nitrogens with zero attached hydrogens (tertiary/aromatic N) is 1. The maximum absolute atomic E-state index is 12.2. The van der Waals surface area contributed by atoms with Gasteiger partial charge in [-0.2, -0.15) is 0 Å². The highest BCUT2D eigenvalue weighted by Gasteiger charge is 1.93. The molecule has 0 spiro atoms. The van der Waals surface area contributed by atoms with Gasteiger partial charge in [0.1, 0.15) is 13.7 Å². The molecule has 0 aliphatic rings. The molecule has 0 bridgehead atoms. The maximum Gasteiger partial charge on any atom is 0.140 e. The largest absolute Gasteiger partial charge is 0.259 e. The molecule has 0 saturated heterocycles. The predicted octanol–water partition coefficient (Wildman–Crippen LogP) is 2.38. The molecule has 0 aliphatic carbocycles. The molecular formula is C10H17BFN. The van der Waals surface area contributed by atoms with Gasteiger partial charge in [0.05, 0.1) is 6.20 Å². The Morgan fingerprint density at radius 2 is 1.69 bits per heavy atom. The highest BCUT2D eigenvalue weighted by Crippen LogP contribution is 1.91. The number of rotatable bonds is 0. The Bertz CT molecular complexity index is 226. The normalized spacial score (nSPS) is 7.54. The average molecular weight is 181 g/mol. The van der Waals surface area contributed by atoms with Crippen LogP contribution >= 0.6 is 0 Å². The van der Waals surface area contributed by atoms with E-state index in [0.29, 0.717) is 11.2 Å². The summed E-state index contributed by atoms with van der Waals surface area (Å²) in [6, 6.07) is 1.25. The summed E-state index contributed by atoms with van der Waals surface area (Å²) in [4.78, 5) is 3.68. The van der Waals surface area contributed by atoms with E-state index in [4.69, 9.17) is 7.85 Å². The van der Waals surface area contributed by atoms with E-state index in [-0.39, 0.29) is 0 Å². The molecule has 1 aromatic heterocycles. The standard InChI is InChI=1S/C6H5BFN.2C2H6/c1-4-6(7)2-5(8)3-9-4;2*1-2/h2-3H,1H3;2*1-2H3. The van der Waals surface area contributed by atoms with Crippen molar-refractivity contribution in [1.82, 2.24) is 4.98 Å². The van der Waals surface area contributed by atoms with E-state index in [1.165, 1.54) is 6.07 Å². The average Bonchev–Trinajstić information content (AvgIpc) is 2.18. The van der Waals surface area contributed by atoms with Crippen LogP contribution in [-0.4, -0.2) is 12.8 Å². The summed E-state index contributed by atoms with van der Waals surface area (Å²) in [5.74, 6) is -0.391. The molecule has 1 nitrogen and oxygen atoms in total. The lowest BCUT2D eigenvalue weighted by atomic mass is 9.95. The molecule has 0 amide bonds. The van der Waals surface area contributed by atoms with E-state index in [9.17, 15) is 4.39 Å². The summed E-state index contributed by atoms with van der Waals surface area (Å²) < 4.78 is 12.2. The zero-order valence-corrected chi connectivity index (χ0v) is 9.06. The van der Waals surface area contributed by atoms with Gasteiger partial charge in [-0.05, 0) is 13.0 Å². The predicted molar refractivity (Wildman–Crippen MR) is 57.0 cm³/mol. The molecule has 3 heteroatoms. The van der Waals surface area contributed by atoms with Crippen molar-refractivity contribution in [3.8, 4) is 0 Å². The van der Waals surface area contributed by atoms with Crippen LogP contribution in [0.3, 0.4) is 0 Å². The molecule has 2 radical (unpaired) electrons. The van der Waals surface area contributed by atoms with Gasteiger partial charge in [-0.15, -0.1) is 0 Å². The fourth-order valence-electron chi connectivity index (χ4n) is 0.523. The minimum atomic E-state index is -0.391. The van der Waals surface area contributed by atoms with Crippen LogP contribution < -0.4 is 5.46 Å². The Balaban J connectivity index is 0.